The Morgan fingerprint density at radius 3 is 2.39 bits per heavy atom. The summed E-state index contributed by atoms with van der Waals surface area (Å²) in [5, 5.41) is 1.34. The van der Waals surface area contributed by atoms with Crippen molar-refractivity contribution in [3.63, 3.8) is 0 Å². The Bertz CT molecular complexity index is 1590. The molecule has 0 saturated carbocycles. The van der Waals surface area contributed by atoms with Crippen LogP contribution in [0.15, 0.2) is 78.9 Å². The number of benzene rings is 4. The molecule has 1 heterocycles. The van der Waals surface area contributed by atoms with Crippen LogP contribution in [0.25, 0.3) is 32.9 Å². The molecule has 0 atom stereocenters. The van der Waals surface area contributed by atoms with Gasteiger partial charge in [-0.25, -0.2) is 0 Å². The van der Waals surface area contributed by atoms with Crippen LogP contribution in [0, 0.1) is 6.07 Å². The Hall–Kier alpha value is -4.46. The van der Waals surface area contributed by atoms with Gasteiger partial charge in [0.2, 0.25) is 5.91 Å². The van der Waals surface area contributed by atoms with E-state index in [9.17, 15) is 18.0 Å². The van der Waals surface area contributed by atoms with Gasteiger partial charge in [0.1, 0.15) is 11.5 Å². The number of primary amides is 1. The fourth-order valence-electron chi connectivity index (χ4n) is 4.41. The van der Waals surface area contributed by atoms with Crippen molar-refractivity contribution in [2.24, 2.45) is 5.73 Å². The van der Waals surface area contributed by atoms with Crippen LogP contribution in [0.2, 0.25) is 0 Å². The zero-order chi connectivity index (χ0) is 25.4. The van der Waals surface area contributed by atoms with Gasteiger partial charge in [-0.1, -0.05) is 30.3 Å². The van der Waals surface area contributed by atoms with Crippen LogP contribution < -0.4 is 15.2 Å². The van der Waals surface area contributed by atoms with Gasteiger partial charge < -0.3 is 19.8 Å². The highest BCUT2D eigenvalue weighted by Crippen LogP contribution is 2.35. The lowest BCUT2D eigenvalue weighted by Gasteiger charge is -2.12. The summed E-state index contributed by atoms with van der Waals surface area (Å²) in [5.41, 5.74) is 9.88. The second-order valence-corrected chi connectivity index (χ2v) is 8.22. The van der Waals surface area contributed by atoms with E-state index in [2.05, 4.69) is 10.8 Å². The molecule has 5 rings (SSSR count). The molecule has 0 aliphatic carbocycles. The Balaban J connectivity index is 1.69. The zero-order valence-corrected chi connectivity index (χ0v) is 19.1. The minimum absolute atomic E-state index is 0.233. The average molecular weight is 489 g/mol. The lowest BCUT2D eigenvalue weighted by Crippen LogP contribution is -2.17. The number of methoxy groups -OCH3 is 1. The topological polar surface area (TPSA) is 66.5 Å². The second kappa shape index (κ2) is 8.96. The molecule has 0 saturated heterocycles. The first-order valence-electron chi connectivity index (χ1n) is 11.0. The Morgan fingerprint density at radius 2 is 1.69 bits per heavy atom. The molecule has 5 aromatic rings. The Labute approximate surface area is 204 Å². The van der Waals surface area contributed by atoms with Crippen molar-refractivity contribution in [1.29, 1.82) is 0 Å². The average Bonchev–Trinajstić information content (AvgIpc) is 3.16. The molecule has 0 unspecified atom stereocenters. The standard InChI is InChI=1S/C28H20F3N2O3/c1-35-20-11-8-18(9-12-20)19-10-13-22-25(15-19)33(24-7-3-6-23(26(22)24)27(32)34)16-17-4-2-5-21(14-17)36-28(29,30)31/h2-12,14-15H,16H2,1H3,(H2,32,34). The second-order valence-electron chi connectivity index (χ2n) is 8.22. The van der Waals surface area contributed by atoms with Gasteiger partial charge in [0.25, 0.3) is 0 Å². The molecule has 0 fully saturated rings. The van der Waals surface area contributed by atoms with E-state index in [1.54, 1.807) is 25.3 Å². The highest BCUT2D eigenvalue weighted by atomic mass is 19.4. The smallest absolute Gasteiger partial charge is 0.497 e. The van der Waals surface area contributed by atoms with E-state index < -0.39 is 12.3 Å². The van der Waals surface area contributed by atoms with E-state index in [1.165, 1.54) is 18.2 Å². The molecular formula is C28H20F3N2O3. The van der Waals surface area contributed by atoms with Crippen LogP contribution >= 0.6 is 0 Å². The molecule has 0 bridgehead atoms. The number of halogens is 3. The molecular weight excluding hydrogens is 469 g/mol. The van der Waals surface area contributed by atoms with Crippen LogP contribution in [-0.4, -0.2) is 23.9 Å². The van der Waals surface area contributed by atoms with Crippen LogP contribution in [0.3, 0.4) is 0 Å². The van der Waals surface area contributed by atoms with Crippen molar-refractivity contribution in [2.45, 2.75) is 12.9 Å². The summed E-state index contributed by atoms with van der Waals surface area (Å²) in [5.74, 6) is -0.151. The van der Waals surface area contributed by atoms with Gasteiger partial charge in [0, 0.05) is 22.9 Å². The number of carbonyl (C=O) groups is 1. The van der Waals surface area contributed by atoms with E-state index in [4.69, 9.17) is 10.5 Å². The molecule has 0 aliphatic rings. The molecule has 1 aromatic heterocycles. The van der Waals surface area contributed by atoms with Gasteiger partial charge in [0.15, 0.2) is 0 Å². The zero-order valence-electron chi connectivity index (χ0n) is 19.1. The molecule has 4 aromatic carbocycles. The first kappa shape index (κ1) is 23.3. The molecule has 8 heteroatoms. The fourth-order valence-corrected chi connectivity index (χ4v) is 4.41. The monoisotopic (exact) mass is 489 g/mol. The number of alkyl halides is 3. The van der Waals surface area contributed by atoms with Crippen molar-refractivity contribution in [2.75, 3.05) is 7.11 Å². The molecule has 5 nitrogen and oxygen atoms in total. The van der Waals surface area contributed by atoms with Crippen molar-refractivity contribution in [3.8, 4) is 22.6 Å². The number of carbonyl (C=O) groups excluding carboxylic acids is 1. The maximum atomic E-state index is 12.8. The molecule has 36 heavy (non-hydrogen) atoms. The van der Waals surface area contributed by atoms with Gasteiger partial charge in [-0.15, -0.1) is 13.2 Å². The van der Waals surface area contributed by atoms with Gasteiger partial charge >= 0.3 is 6.36 Å². The van der Waals surface area contributed by atoms with Crippen LogP contribution in [0.4, 0.5) is 13.2 Å². The fraction of sp³-hybridized carbons (Fsp3) is 0.107. The number of aromatic nitrogens is 1. The summed E-state index contributed by atoms with van der Waals surface area (Å²) in [4.78, 5) is 12.2. The summed E-state index contributed by atoms with van der Waals surface area (Å²) in [6.45, 7) is 0.233. The maximum Gasteiger partial charge on any atom is 0.573 e. The van der Waals surface area contributed by atoms with Crippen molar-refractivity contribution in [1.82, 2.24) is 4.57 Å². The number of nitrogens with zero attached hydrogens (tertiary/aromatic N) is 1. The summed E-state index contributed by atoms with van der Waals surface area (Å²) in [7, 11) is 1.60. The molecule has 1 radical (unpaired) electrons. The largest absolute Gasteiger partial charge is 0.573 e. The number of rotatable bonds is 6. The van der Waals surface area contributed by atoms with E-state index in [-0.39, 0.29) is 12.3 Å². The Morgan fingerprint density at radius 1 is 0.944 bits per heavy atom. The van der Waals surface area contributed by atoms with Crippen molar-refractivity contribution >= 4 is 27.7 Å². The molecule has 1 amide bonds. The first-order valence-corrected chi connectivity index (χ1v) is 11.0. The first-order chi connectivity index (χ1) is 17.2. The van der Waals surface area contributed by atoms with Gasteiger partial charge in [0.05, 0.1) is 18.1 Å². The number of fused-ring (bicyclic) bond motifs is 3. The van der Waals surface area contributed by atoms with E-state index in [1.807, 2.05) is 47.0 Å². The summed E-state index contributed by atoms with van der Waals surface area (Å²) < 4.78 is 49.5. The van der Waals surface area contributed by atoms with E-state index >= 15 is 0 Å². The third kappa shape index (κ3) is 4.45. The normalized spacial score (nSPS) is 11.7. The highest BCUT2D eigenvalue weighted by Gasteiger charge is 2.31. The van der Waals surface area contributed by atoms with Gasteiger partial charge in [-0.2, -0.15) is 0 Å². The summed E-state index contributed by atoms with van der Waals surface area (Å²) in [6.07, 6.45) is -4.79. The predicted molar refractivity (Wildman–Crippen MR) is 131 cm³/mol. The SMILES string of the molecule is COc1ccc(-c2c[c]c3c4c(C(N)=O)cccc4n(Cc4cccc(OC(F)(F)F)c4)c3c2)cc1. The summed E-state index contributed by atoms with van der Waals surface area (Å²) in [6, 6.07) is 25.7. The Kier molecular flexibility index (Phi) is 5.80. The molecule has 0 aliphatic heterocycles. The third-order valence-electron chi connectivity index (χ3n) is 5.96. The van der Waals surface area contributed by atoms with E-state index in [0.717, 1.165) is 22.4 Å². The minimum atomic E-state index is -4.79. The van der Waals surface area contributed by atoms with Crippen LogP contribution in [0.5, 0.6) is 11.5 Å². The molecule has 181 valence electrons. The maximum absolute atomic E-state index is 12.8. The van der Waals surface area contributed by atoms with Crippen molar-refractivity contribution < 1.29 is 27.4 Å². The number of ether oxygens (including phenoxy) is 2. The van der Waals surface area contributed by atoms with Gasteiger partial charge in [-0.05, 0) is 71.3 Å². The van der Waals surface area contributed by atoms with Crippen LogP contribution in [-0.2, 0) is 6.54 Å². The molecule has 0 spiro atoms. The highest BCUT2D eigenvalue weighted by molar-refractivity contribution is 6.18. The third-order valence-corrected chi connectivity index (χ3v) is 5.96. The number of amides is 1. The number of hydrogen-bond acceptors (Lipinski definition) is 3. The quantitative estimate of drug-likeness (QED) is 0.304. The van der Waals surface area contributed by atoms with Crippen LogP contribution in [0.1, 0.15) is 15.9 Å². The number of nitrogens with two attached hydrogens (primary N) is 1. The number of hydrogen-bond donors (Lipinski definition) is 1. The van der Waals surface area contributed by atoms with Crippen molar-refractivity contribution in [3.05, 3.63) is 96.1 Å². The molecule has 2 N–H and O–H groups in total. The predicted octanol–water partition coefficient (Wildman–Crippen LogP) is 6.32. The van der Waals surface area contributed by atoms with E-state index in [0.29, 0.717) is 27.4 Å². The summed E-state index contributed by atoms with van der Waals surface area (Å²) >= 11 is 0. The lowest BCUT2D eigenvalue weighted by molar-refractivity contribution is -0.274. The lowest BCUT2D eigenvalue weighted by atomic mass is 10.0. The van der Waals surface area contributed by atoms with Gasteiger partial charge in [-0.3, -0.25) is 4.79 Å². The minimum Gasteiger partial charge on any atom is -0.497 e.